The second-order valence-electron chi connectivity index (χ2n) is 5.95. The highest BCUT2D eigenvalue weighted by atomic mass is 32.1. The van der Waals surface area contributed by atoms with E-state index in [1.807, 2.05) is 60.7 Å². The predicted molar refractivity (Wildman–Crippen MR) is 113 cm³/mol. The maximum atomic E-state index is 12.1. The average molecular weight is 392 g/mol. The number of nitrogens with one attached hydrogen (secondary N) is 1. The third-order valence-corrected chi connectivity index (χ3v) is 4.70. The predicted octanol–water partition coefficient (Wildman–Crippen LogP) is 4.01. The van der Waals surface area contributed by atoms with E-state index in [0.29, 0.717) is 10.8 Å². The molecule has 0 aliphatic carbocycles. The van der Waals surface area contributed by atoms with Crippen molar-refractivity contribution in [3.8, 4) is 0 Å². The highest BCUT2D eigenvalue weighted by Crippen LogP contribution is 2.28. The molecule has 0 aliphatic heterocycles. The molecular weight excluding hydrogens is 372 g/mol. The van der Waals surface area contributed by atoms with Gasteiger partial charge >= 0.3 is 0 Å². The third-order valence-electron chi connectivity index (χ3n) is 3.86. The number of amides is 2. The zero-order valence-corrected chi connectivity index (χ0v) is 16.4. The molecule has 7 heteroatoms. The third kappa shape index (κ3) is 4.83. The van der Waals surface area contributed by atoms with Crippen molar-refractivity contribution in [1.82, 2.24) is 10.4 Å². The molecule has 2 amide bonds. The van der Waals surface area contributed by atoms with Gasteiger partial charge in [-0.2, -0.15) is 0 Å². The lowest BCUT2D eigenvalue weighted by Gasteiger charge is -2.19. The number of carbonyl (C=O) groups excluding carboxylic acids is 2. The molecule has 0 radical (unpaired) electrons. The molecule has 1 N–H and O–H groups in total. The zero-order chi connectivity index (χ0) is 19.9. The summed E-state index contributed by atoms with van der Waals surface area (Å²) in [5.41, 5.74) is 5.00. The van der Waals surface area contributed by atoms with Gasteiger partial charge in [0.25, 0.3) is 5.91 Å². The van der Waals surface area contributed by atoms with Gasteiger partial charge in [0.05, 0.1) is 17.1 Å². The lowest BCUT2D eigenvalue weighted by atomic mass is 10.3. The largest absolute Gasteiger partial charge is 0.288 e. The molecule has 3 rings (SSSR count). The Bertz CT molecular complexity index is 970. The Balaban J connectivity index is 1.68. The van der Waals surface area contributed by atoms with Gasteiger partial charge in [-0.05, 0) is 30.3 Å². The van der Waals surface area contributed by atoms with Gasteiger partial charge in [0, 0.05) is 25.4 Å². The minimum atomic E-state index is -0.271. The van der Waals surface area contributed by atoms with Gasteiger partial charge in [0.15, 0.2) is 5.13 Å². The SMILES string of the molecule is CC(=O)N(c1ccccc1)c1nc(/C=C/C(=O)NN(C)c2ccccc2)cs1. The molecule has 28 heavy (non-hydrogen) atoms. The number of carbonyl (C=O) groups is 2. The molecule has 0 saturated carbocycles. The summed E-state index contributed by atoms with van der Waals surface area (Å²) in [7, 11) is 1.77. The number of thiazole rings is 1. The van der Waals surface area contributed by atoms with E-state index in [-0.39, 0.29) is 11.8 Å². The van der Waals surface area contributed by atoms with Crippen molar-refractivity contribution in [1.29, 1.82) is 0 Å². The van der Waals surface area contributed by atoms with Crippen LogP contribution in [0.1, 0.15) is 12.6 Å². The van der Waals surface area contributed by atoms with Crippen LogP contribution in [0, 0.1) is 0 Å². The maximum Gasteiger partial charge on any atom is 0.262 e. The Kier molecular flexibility index (Phi) is 6.18. The van der Waals surface area contributed by atoms with E-state index >= 15 is 0 Å². The highest BCUT2D eigenvalue weighted by molar-refractivity contribution is 7.14. The number of nitrogens with zero attached hydrogens (tertiary/aromatic N) is 3. The second kappa shape index (κ2) is 8.96. The first-order valence-corrected chi connectivity index (χ1v) is 9.51. The van der Waals surface area contributed by atoms with Gasteiger partial charge in [-0.3, -0.25) is 24.9 Å². The average Bonchev–Trinajstić information content (AvgIpc) is 3.16. The monoisotopic (exact) mass is 392 g/mol. The molecule has 2 aromatic carbocycles. The van der Waals surface area contributed by atoms with E-state index < -0.39 is 0 Å². The number of rotatable bonds is 6. The summed E-state index contributed by atoms with van der Waals surface area (Å²) in [4.78, 5) is 30.2. The van der Waals surface area contributed by atoms with Crippen molar-refractivity contribution in [2.75, 3.05) is 17.0 Å². The van der Waals surface area contributed by atoms with E-state index in [1.165, 1.54) is 24.3 Å². The van der Waals surface area contributed by atoms with E-state index in [2.05, 4.69) is 10.4 Å². The van der Waals surface area contributed by atoms with Crippen molar-refractivity contribution in [2.24, 2.45) is 0 Å². The summed E-state index contributed by atoms with van der Waals surface area (Å²) >= 11 is 1.34. The van der Waals surface area contributed by atoms with Gasteiger partial charge < -0.3 is 0 Å². The lowest BCUT2D eigenvalue weighted by Crippen LogP contribution is -2.38. The van der Waals surface area contributed by atoms with Crippen LogP contribution in [-0.2, 0) is 9.59 Å². The summed E-state index contributed by atoms with van der Waals surface area (Å²) < 4.78 is 0. The summed E-state index contributed by atoms with van der Waals surface area (Å²) in [6.07, 6.45) is 3.04. The van der Waals surface area contributed by atoms with Crippen LogP contribution >= 0.6 is 11.3 Å². The Morgan fingerprint density at radius 2 is 1.61 bits per heavy atom. The van der Waals surface area contributed by atoms with Crippen LogP contribution in [0.4, 0.5) is 16.5 Å². The molecule has 3 aromatic rings. The van der Waals surface area contributed by atoms with Gasteiger partial charge in [-0.25, -0.2) is 4.98 Å². The topological polar surface area (TPSA) is 65.5 Å². The molecule has 0 spiro atoms. The van der Waals surface area contributed by atoms with Gasteiger partial charge in [-0.15, -0.1) is 11.3 Å². The Morgan fingerprint density at radius 1 is 1.00 bits per heavy atom. The number of benzene rings is 2. The summed E-state index contributed by atoms with van der Waals surface area (Å²) in [6, 6.07) is 18.8. The zero-order valence-electron chi connectivity index (χ0n) is 15.6. The summed E-state index contributed by atoms with van der Waals surface area (Å²) in [5.74, 6) is -0.398. The molecule has 0 saturated heterocycles. The molecular formula is C21H20N4O2S. The van der Waals surface area contributed by atoms with Gasteiger partial charge in [0.1, 0.15) is 0 Å². The van der Waals surface area contributed by atoms with Crippen LogP contribution in [0.5, 0.6) is 0 Å². The number of hydrazine groups is 1. The van der Waals surface area contributed by atoms with Gasteiger partial charge in [0.2, 0.25) is 5.91 Å². The highest BCUT2D eigenvalue weighted by Gasteiger charge is 2.17. The first-order chi connectivity index (χ1) is 13.5. The fourth-order valence-corrected chi connectivity index (χ4v) is 3.39. The van der Waals surface area contributed by atoms with Crippen LogP contribution < -0.4 is 15.3 Å². The standard InChI is InChI=1S/C21H20N4O2S/c1-16(26)25(19-11-7-4-8-12-19)21-22-17(15-28-21)13-14-20(27)23-24(2)18-9-5-3-6-10-18/h3-15H,1-2H3,(H,23,27)/b14-13+. The van der Waals surface area contributed by atoms with E-state index in [4.69, 9.17) is 0 Å². The quantitative estimate of drug-likeness (QED) is 0.508. The van der Waals surface area contributed by atoms with Crippen LogP contribution in [-0.4, -0.2) is 23.8 Å². The molecule has 0 unspecified atom stereocenters. The first-order valence-electron chi connectivity index (χ1n) is 8.63. The van der Waals surface area contributed by atoms with Crippen LogP contribution in [0.15, 0.2) is 72.1 Å². The number of aromatic nitrogens is 1. The molecule has 0 aliphatic rings. The fraction of sp³-hybridized carbons (Fsp3) is 0.0952. The number of hydrogen-bond donors (Lipinski definition) is 1. The molecule has 0 fully saturated rings. The van der Waals surface area contributed by atoms with Gasteiger partial charge in [-0.1, -0.05) is 36.4 Å². The van der Waals surface area contributed by atoms with Crippen molar-refractivity contribution in [3.63, 3.8) is 0 Å². The summed E-state index contributed by atoms with van der Waals surface area (Å²) in [5, 5.41) is 4.01. The normalized spacial score (nSPS) is 10.6. The van der Waals surface area contributed by atoms with Crippen LogP contribution in [0.2, 0.25) is 0 Å². The van der Waals surface area contributed by atoms with Crippen molar-refractivity contribution >= 4 is 45.7 Å². The lowest BCUT2D eigenvalue weighted by molar-refractivity contribution is -0.117. The second-order valence-corrected chi connectivity index (χ2v) is 6.79. The van der Waals surface area contributed by atoms with Crippen molar-refractivity contribution < 1.29 is 9.59 Å². The molecule has 0 atom stereocenters. The number of anilines is 3. The van der Waals surface area contributed by atoms with E-state index in [9.17, 15) is 9.59 Å². The minimum Gasteiger partial charge on any atom is -0.288 e. The molecule has 1 heterocycles. The van der Waals surface area contributed by atoms with E-state index in [1.54, 1.807) is 28.4 Å². The Labute approximate surface area is 167 Å². The Hall–Kier alpha value is -3.45. The molecule has 6 nitrogen and oxygen atoms in total. The fourth-order valence-electron chi connectivity index (χ4n) is 2.54. The number of hydrogen-bond acceptors (Lipinski definition) is 5. The number of para-hydroxylation sites is 2. The molecule has 0 bridgehead atoms. The van der Waals surface area contributed by atoms with Crippen molar-refractivity contribution in [2.45, 2.75) is 6.92 Å². The summed E-state index contributed by atoms with van der Waals surface area (Å²) in [6.45, 7) is 1.50. The van der Waals surface area contributed by atoms with E-state index in [0.717, 1.165) is 11.4 Å². The first kappa shape index (κ1) is 19.3. The smallest absolute Gasteiger partial charge is 0.262 e. The maximum absolute atomic E-state index is 12.1. The molecule has 142 valence electrons. The van der Waals surface area contributed by atoms with Crippen LogP contribution in [0.3, 0.4) is 0 Å². The minimum absolute atomic E-state index is 0.127. The Morgan fingerprint density at radius 3 is 2.21 bits per heavy atom. The van der Waals surface area contributed by atoms with Crippen molar-refractivity contribution in [3.05, 3.63) is 77.8 Å². The molecule has 1 aromatic heterocycles. The van der Waals surface area contributed by atoms with Crippen LogP contribution in [0.25, 0.3) is 6.08 Å².